The quantitative estimate of drug-likeness (QED) is 0.482. The Morgan fingerprint density at radius 2 is 1.50 bits per heavy atom. The van der Waals surface area contributed by atoms with Gasteiger partial charge in [-0.15, -0.1) is 0 Å². The second kappa shape index (κ2) is 10.7. The Hall–Kier alpha value is -3.32. The highest BCUT2D eigenvalue weighted by Crippen LogP contribution is 2.32. The number of sulfonamides is 1. The first-order valence-electron chi connectivity index (χ1n) is 11.5. The molecule has 3 aromatic carbocycles. The van der Waals surface area contributed by atoms with Crippen molar-refractivity contribution in [1.29, 1.82) is 0 Å². The van der Waals surface area contributed by atoms with E-state index in [1.807, 2.05) is 18.2 Å². The van der Waals surface area contributed by atoms with Gasteiger partial charge in [-0.1, -0.05) is 60.7 Å². The van der Waals surface area contributed by atoms with E-state index < -0.39 is 10.0 Å². The molecule has 3 aromatic rings. The van der Waals surface area contributed by atoms with Crippen molar-refractivity contribution in [3.63, 3.8) is 0 Å². The van der Waals surface area contributed by atoms with Crippen LogP contribution in [-0.4, -0.2) is 46.0 Å². The number of carbonyl (C=O) groups excluding carboxylic acids is 1. The second-order valence-electron chi connectivity index (χ2n) is 8.51. The summed E-state index contributed by atoms with van der Waals surface area (Å²) >= 11 is 0. The molecule has 34 heavy (non-hydrogen) atoms. The molecule has 6 nitrogen and oxygen atoms in total. The van der Waals surface area contributed by atoms with E-state index in [1.54, 1.807) is 47.4 Å². The average molecular weight is 479 g/mol. The van der Waals surface area contributed by atoms with E-state index in [0.29, 0.717) is 30.4 Å². The van der Waals surface area contributed by atoms with Gasteiger partial charge < -0.3 is 9.64 Å². The monoisotopic (exact) mass is 478 g/mol. The van der Waals surface area contributed by atoms with Gasteiger partial charge in [-0.05, 0) is 55.0 Å². The van der Waals surface area contributed by atoms with Gasteiger partial charge in [0.25, 0.3) is 10.0 Å². The summed E-state index contributed by atoms with van der Waals surface area (Å²) in [5.74, 6) is 0.713. The third kappa shape index (κ3) is 5.42. The lowest BCUT2D eigenvalue weighted by atomic mass is 9.90. The average Bonchev–Trinajstić information content (AvgIpc) is 2.88. The molecule has 4 rings (SSSR count). The molecule has 0 unspecified atom stereocenters. The number of piperidine rings is 1. The van der Waals surface area contributed by atoms with Crippen LogP contribution in [0.2, 0.25) is 0 Å². The van der Waals surface area contributed by atoms with Crippen molar-refractivity contribution in [2.24, 2.45) is 5.92 Å². The molecule has 1 aliphatic rings. The van der Waals surface area contributed by atoms with Gasteiger partial charge in [0.2, 0.25) is 5.91 Å². The number of anilines is 1. The van der Waals surface area contributed by atoms with Crippen molar-refractivity contribution in [2.45, 2.75) is 24.2 Å². The summed E-state index contributed by atoms with van der Waals surface area (Å²) in [7, 11) is -2.47. The molecule has 0 aromatic heterocycles. The Morgan fingerprint density at radius 3 is 2.15 bits per heavy atom. The number of ether oxygens (including phenoxy) is 1. The van der Waals surface area contributed by atoms with Crippen LogP contribution in [0.1, 0.15) is 18.4 Å². The molecule has 1 aliphatic heterocycles. The van der Waals surface area contributed by atoms with E-state index in [2.05, 4.69) is 12.1 Å². The Kier molecular flexibility index (Phi) is 7.53. The maximum atomic E-state index is 13.6. The third-order valence-corrected chi connectivity index (χ3v) is 8.07. The first-order chi connectivity index (χ1) is 16.5. The van der Waals surface area contributed by atoms with Crippen LogP contribution >= 0.6 is 0 Å². The Morgan fingerprint density at radius 1 is 0.912 bits per heavy atom. The molecular weight excluding hydrogens is 448 g/mol. The number of likely N-dealkylation sites (tertiary alicyclic amines) is 1. The second-order valence-corrected chi connectivity index (χ2v) is 10.4. The highest BCUT2D eigenvalue weighted by atomic mass is 32.2. The molecule has 1 fully saturated rings. The summed E-state index contributed by atoms with van der Waals surface area (Å²) in [5, 5.41) is 0. The smallest absolute Gasteiger partial charge is 0.264 e. The molecular formula is C27H30N2O4S. The summed E-state index contributed by atoms with van der Waals surface area (Å²) in [4.78, 5) is 15.2. The first kappa shape index (κ1) is 23.8. The normalized spacial score (nSPS) is 14.6. The van der Waals surface area contributed by atoms with Gasteiger partial charge >= 0.3 is 0 Å². The summed E-state index contributed by atoms with van der Waals surface area (Å²) in [6, 6.07) is 25.4. The van der Waals surface area contributed by atoms with Crippen LogP contribution in [0.5, 0.6) is 5.75 Å². The van der Waals surface area contributed by atoms with Crippen LogP contribution < -0.4 is 9.04 Å². The lowest BCUT2D eigenvalue weighted by Gasteiger charge is -2.34. The van der Waals surface area contributed by atoms with E-state index in [9.17, 15) is 13.2 Å². The Balaban J connectivity index is 1.51. The molecule has 0 spiro atoms. The maximum Gasteiger partial charge on any atom is 0.264 e. The van der Waals surface area contributed by atoms with Crippen LogP contribution in [-0.2, 0) is 21.2 Å². The highest BCUT2D eigenvalue weighted by molar-refractivity contribution is 7.92. The van der Waals surface area contributed by atoms with Gasteiger partial charge in [0, 0.05) is 13.1 Å². The number of carbonyl (C=O) groups is 1. The van der Waals surface area contributed by atoms with Crippen LogP contribution in [0.4, 0.5) is 5.69 Å². The molecule has 1 heterocycles. The SMILES string of the molecule is COc1ccccc1N(CC(=O)N1CCC(Cc2ccccc2)CC1)S(=O)(=O)c1ccccc1. The van der Waals surface area contributed by atoms with Crippen LogP contribution in [0.25, 0.3) is 0 Å². The minimum Gasteiger partial charge on any atom is -0.495 e. The fourth-order valence-electron chi connectivity index (χ4n) is 4.41. The zero-order valence-corrected chi connectivity index (χ0v) is 20.2. The van der Waals surface area contributed by atoms with Gasteiger partial charge in [-0.3, -0.25) is 9.10 Å². The van der Waals surface area contributed by atoms with Gasteiger partial charge in [0.15, 0.2) is 0 Å². The van der Waals surface area contributed by atoms with Crippen molar-refractivity contribution in [1.82, 2.24) is 4.90 Å². The number of para-hydroxylation sites is 2. The van der Waals surface area contributed by atoms with Crippen molar-refractivity contribution in [2.75, 3.05) is 31.0 Å². The van der Waals surface area contributed by atoms with Gasteiger partial charge in [0.1, 0.15) is 12.3 Å². The molecule has 0 saturated carbocycles. The van der Waals surface area contributed by atoms with E-state index in [-0.39, 0.29) is 17.3 Å². The van der Waals surface area contributed by atoms with E-state index in [1.165, 1.54) is 29.1 Å². The fraction of sp³-hybridized carbons (Fsp3) is 0.296. The van der Waals surface area contributed by atoms with Crippen LogP contribution in [0.3, 0.4) is 0 Å². The molecule has 178 valence electrons. The molecule has 0 atom stereocenters. The molecule has 0 bridgehead atoms. The standard InChI is InChI=1S/C27H30N2O4S/c1-33-26-15-9-8-14-25(26)29(34(31,32)24-12-6-3-7-13-24)21-27(30)28-18-16-23(17-19-28)20-22-10-4-2-5-11-22/h2-15,23H,16-21H2,1H3. The number of nitrogens with zero attached hydrogens (tertiary/aromatic N) is 2. The van der Waals surface area contributed by atoms with Crippen molar-refractivity contribution in [3.8, 4) is 5.75 Å². The summed E-state index contributed by atoms with van der Waals surface area (Å²) in [5.41, 5.74) is 1.66. The van der Waals surface area contributed by atoms with E-state index >= 15 is 0 Å². The van der Waals surface area contributed by atoms with E-state index in [4.69, 9.17) is 4.74 Å². The number of benzene rings is 3. The molecule has 0 aliphatic carbocycles. The molecule has 1 amide bonds. The third-order valence-electron chi connectivity index (χ3n) is 6.30. The molecule has 1 saturated heterocycles. The zero-order chi connectivity index (χ0) is 24.0. The van der Waals surface area contributed by atoms with Gasteiger partial charge in [-0.25, -0.2) is 8.42 Å². The maximum absolute atomic E-state index is 13.6. The number of methoxy groups -OCH3 is 1. The van der Waals surface area contributed by atoms with Crippen molar-refractivity contribution >= 4 is 21.6 Å². The lowest BCUT2D eigenvalue weighted by molar-refractivity contribution is -0.130. The van der Waals surface area contributed by atoms with Crippen LogP contribution in [0, 0.1) is 5.92 Å². The summed E-state index contributed by atoms with van der Waals surface area (Å²) < 4.78 is 33.7. The number of amides is 1. The Labute approximate surface area is 201 Å². The fourth-order valence-corrected chi connectivity index (χ4v) is 5.86. The largest absolute Gasteiger partial charge is 0.495 e. The topological polar surface area (TPSA) is 66.9 Å². The summed E-state index contributed by atoms with van der Waals surface area (Å²) in [6.45, 7) is 0.976. The van der Waals surface area contributed by atoms with E-state index in [0.717, 1.165) is 19.3 Å². The first-order valence-corrected chi connectivity index (χ1v) is 13.0. The predicted molar refractivity (Wildman–Crippen MR) is 133 cm³/mol. The number of hydrogen-bond donors (Lipinski definition) is 0. The highest BCUT2D eigenvalue weighted by Gasteiger charge is 2.32. The zero-order valence-electron chi connectivity index (χ0n) is 19.3. The predicted octanol–water partition coefficient (Wildman–Crippen LogP) is 4.37. The number of rotatable bonds is 8. The number of hydrogen-bond acceptors (Lipinski definition) is 4. The van der Waals surface area contributed by atoms with Gasteiger partial charge in [-0.2, -0.15) is 0 Å². The lowest BCUT2D eigenvalue weighted by Crippen LogP contribution is -2.46. The minimum atomic E-state index is -3.97. The summed E-state index contributed by atoms with van der Waals surface area (Å²) in [6.07, 6.45) is 2.81. The van der Waals surface area contributed by atoms with Crippen molar-refractivity contribution in [3.05, 3.63) is 90.5 Å². The molecule has 0 radical (unpaired) electrons. The molecule has 0 N–H and O–H groups in total. The molecule has 7 heteroatoms. The van der Waals surface area contributed by atoms with Gasteiger partial charge in [0.05, 0.1) is 17.7 Å². The minimum absolute atomic E-state index is 0.135. The van der Waals surface area contributed by atoms with Crippen LogP contribution in [0.15, 0.2) is 89.8 Å². The Bertz CT molecular complexity index is 1190. The van der Waals surface area contributed by atoms with Crippen molar-refractivity contribution < 1.29 is 17.9 Å².